The van der Waals surface area contributed by atoms with Crippen molar-refractivity contribution in [3.8, 4) is 11.1 Å². The molecule has 0 saturated carbocycles. The minimum absolute atomic E-state index is 0.434. The van der Waals surface area contributed by atoms with Crippen molar-refractivity contribution in [3.05, 3.63) is 77.6 Å². The predicted molar refractivity (Wildman–Crippen MR) is 97.8 cm³/mol. The van der Waals surface area contributed by atoms with Crippen molar-refractivity contribution in [2.45, 2.75) is 25.5 Å². The first-order chi connectivity index (χ1) is 12.7. The molecular formula is C21H20N2O3. The Morgan fingerprint density at radius 1 is 1.19 bits per heavy atom. The van der Waals surface area contributed by atoms with Crippen LogP contribution >= 0.6 is 0 Å². The number of carboxylic acid groups (broad SMARTS) is 1. The predicted octanol–water partition coefficient (Wildman–Crippen LogP) is 3.49. The number of fused-ring (bicyclic) bond motifs is 1. The zero-order chi connectivity index (χ0) is 17.9. The maximum absolute atomic E-state index is 11.3. The van der Waals surface area contributed by atoms with Crippen molar-refractivity contribution in [3.63, 3.8) is 0 Å². The number of nitrogens with zero attached hydrogens (tertiary/aromatic N) is 2. The monoisotopic (exact) mass is 348 g/mol. The van der Waals surface area contributed by atoms with Gasteiger partial charge in [-0.1, -0.05) is 48.5 Å². The number of hydrogen-bond acceptors (Lipinski definition) is 3. The summed E-state index contributed by atoms with van der Waals surface area (Å²) in [6.07, 6.45) is 4.71. The highest BCUT2D eigenvalue weighted by Crippen LogP contribution is 2.31. The summed E-state index contributed by atoms with van der Waals surface area (Å²) in [5.74, 6) is -0.938. The van der Waals surface area contributed by atoms with Crippen molar-refractivity contribution in [2.24, 2.45) is 0 Å². The van der Waals surface area contributed by atoms with E-state index in [-0.39, 0.29) is 0 Å². The van der Waals surface area contributed by atoms with Crippen LogP contribution in [0.4, 0.5) is 0 Å². The summed E-state index contributed by atoms with van der Waals surface area (Å²) in [5, 5.41) is 13.8. The summed E-state index contributed by atoms with van der Waals surface area (Å²) in [5.41, 5.74) is 5.18. The molecule has 1 aliphatic heterocycles. The van der Waals surface area contributed by atoms with Gasteiger partial charge in [-0.05, 0) is 35.1 Å². The second kappa shape index (κ2) is 7.14. The molecule has 0 amide bonds. The van der Waals surface area contributed by atoms with Gasteiger partial charge in [0.25, 0.3) is 0 Å². The SMILES string of the molecule is O=C(O)C1OCCc2cc(-c3cnn(CCc4ccccc4)c3)ccc21. The van der Waals surface area contributed by atoms with Crippen LogP contribution in [-0.2, 0) is 28.9 Å². The van der Waals surface area contributed by atoms with E-state index in [2.05, 4.69) is 23.3 Å². The molecule has 26 heavy (non-hydrogen) atoms. The van der Waals surface area contributed by atoms with Gasteiger partial charge in [-0.25, -0.2) is 4.79 Å². The molecule has 5 nitrogen and oxygen atoms in total. The van der Waals surface area contributed by atoms with Crippen LogP contribution in [0, 0.1) is 0 Å². The molecular weight excluding hydrogens is 328 g/mol. The number of aryl methyl sites for hydroxylation is 2. The van der Waals surface area contributed by atoms with Gasteiger partial charge in [0.2, 0.25) is 0 Å². The Balaban J connectivity index is 1.52. The Bertz CT molecular complexity index is 918. The van der Waals surface area contributed by atoms with Crippen molar-refractivity contribution < 1.29 is 14.6 Å². The topological polar surface area (TPSA) is 64.3 Å². The Kier molecular flexibility index (Phi) is 4.54. The Morgan fingerprint density at radius 2 is 2.04 bits per heavy atom. The molecule has 1 N–H and O–H groups in total. The average Bonchev–Trinajstić information content (AvgIpc) is 3.15. The number of carbonyl (C=O) groups is 1. The highest BCUT2D eigenvalue weighted by Gasteiger charge is 2.27. The first kappa shape index (κ1) is 16.5. The molecule has 0 aliphatic carbocycles. The van der Waals surface area contributed by atoms with E-state index < -0.39 is 12.1 Å². The zero-order valence-electron chi connectivity index (χ0n) is 14.3. The van der Waals surface area contributed by atoms with E-state index in [0.717, 1.165) is 41.6 Å². The molecule has 2 heterocycles. The number of ether oxygens (including phenoxy) is 1. The van der Waals surface area contributed by atoms with Gasteiger partial charge in [-0.15, -0.1) is 0 Å². The number of rotatable bonds is 5. The molecule has 4 rings (SSSR count). The second-order valence-corrected chi connectivity index (χ2v) is 6.48. The highest BCUT2D eigenvalue weighted by molar-refractivity contribution is 5.76. The first-order valence-corrected chi connectivity index (χ1v) is 8.75. The van der Waals surface area contributed by atoms with Crippen LogP contribution < -0.4 is 0 Å². The van der Waals surface area contributed by atoms with Gasteiger partial charge in [0, 0.05) is 18.3 Å². The second-order valence-electron chi connectivity index (χ2n) is 6.48. The molecule has 1 aliphatic rings. The van der Waals surface area contributed by atoms with Crippen LogP contribution in [0.1, 0.15) is 22.8 Å². The Labute approximate surface area is 151 Å². The Hall–Kier alpha value is -2.92. The lowest BCUT2D eigenvalue weighted by molar-refractivity contribution is -0.151. The normalized spacial score (nSPS) is 16.2. The third kappa shape index (κ3) is 3.39. The maximum Gasteiger partial charge on any atom is 0.337 e. The molecule has 0 saturated heterocycles. The largest absolute Gasteiger partial charge is 0.479 e. The van der Waals surface area contributed by atoms with Crippen molar-refractivity contribution in [1.82, 2.24) is 9.78 Å². The summed E-state index contributed by atoms with van der Waals surface area (Å²) in [4.78, 5) is 11.3. The fraction of sp³-hybridized carbons (Fsp3) is 0.238. The molecule has 0 spiro atoms. The lowest BCUT2D eigenvalue weighted by Crippen LogP contribution is -2.23. The van der Waals surface area contributed by atoms with Crippen LogP contribution in [0.25, 0.3) is 11.1 Å². The van der Waals surface area contributed by atoms with Gasteiger partial charge in [0.05, 0.1) is 12.8 Å². The van der Waals surface area contributed by atoms with E-state index in [1.54, 1.807) is 0 Å². The number of carboxylic acids is 1. The standard InChI is InChI=1S/C21H20N2O3/c24-21(25)20-19-7-6-16(12-17(19)9-11-26-20)18-13-22-23(14-18)10-8-15-4-2-1-3-5-15/h1-7,12-14,20H,8-11H2,(H,24,25). The molecule has 5 heteroatoms. The molecule has 1 aromatic heterocycles. The van der Waals surface area contributed by atoms with Gasteiger partial charge in [-0.3, -0.25) is 4.68 Å². The van der Waals surface area contributed by atoms with Crippen LogP contribution in [0.2, 0.25) is 0 Å². The van der Waals surface area contributed by atoms with Crippen molar-refractivity contribution >= 4 is 5.97 Å². The maximum atomic E-state index is 11.3. The van der Waals surface area contributed by atoms with Gasteiger partial charge in [0.15, 0.2) is 6.10 Å². The molecule has 0 bridgehead atoms. The van der Waals surface area contributed by atoms with Gasteiger partial charge in [-0.2, -0.15) is 5.10 Å². The summed E-state index contributed by atoms with van der Waals surface area (Å²) in [6, 6.07) is 16.2. The van der Waals surface area contributed by atoms with Gasteiger partial charge >= 0.3 is 5.97 Å². The highest BCUT2D eigenvalue weighted by atomic mass is 16.5. The molecule has 1 atom stereocenters. The molecule has 132 valence electrons. The summed E-state index contributed by atoms with van der Waals surface area (Å²) in [7, 11) is 0. The molecule has 2 aromatic carbocycles. The quantitative estimate of drug-likeness (QED) is 0.766. The lowest BCUT2D eigenvalue weighted by atomic mass is 9.94. The summed E-state index contributed by atoms with van der Waals surface area (Å²) >= 11 is 0. The van der Waals surface area contributed by atoms with Gasteiger partial charge < -0.3 is 9.84 Å². The summed E-state index contributed by atoms with van der Waals surface area (Å²) < 4.78 is 7.32. The van der Waals surface area contributed by atoms with Crippen LogP contribution in [0.15, 0.2) is 60.9 Å². The van der Waals surface area contributed by atoms with Crippen LogP contribution in [0.3, 0.4) is 0 Å². The molecule has 0 fully saturated rings. The minimum Gasteiger partial charge on any atom is -0.479 e. The number of aromatic nitrogens is 2. The van der Waals surface area contributed by atoms with Crippen molar-refractivity contribution in [1.29, 1.82) is 0 Å². The van der Waals surface area contributed by atoms with E-state index >= 15 is 0 Å². The average molecular weight is 348 g/mol. The van der Waals surface area contributed by atoms with Crippen LogP contribution in [-0.4, -0.2) is 27.5 Å². The van der Waals surface area contributed by atoms with Crippen LogP contribution in [0.5, 0.6) is 0 Å². The third-order valence-corrected chi connectivity index (χ3v) is 4.74. The van der Waals surface area contributed by atoms with E-state index in [1.807, 2.05) is 47.4 Å². The van der Waals surface area contributed by atoms with E-state index in [0.29, 0.717) is 6.61 Å². The number of hydrogen-bond donors (Lipinski definition) is 1. The van der Waals surface area contributed by atoms with Crippen molar-refractivity contribution in [2.75, 3.05) is 6.61 Å². The Morgan fingerprint density at radius 3 is 2.85 bits per heavy atom. The summed E-state index contributed by atoms with van der Waals surface area (Å²) in [6.45, 7) is 1.26. The molecule has 1 unspecified atom stereocenters. The lowest BCUT2D eigenvalue weighted by Gasteiger charge is -2.23. The minimum atomic E-state index is -0.938. The molecule has 3 aromatic rings. The fourth-order valence-corrected chi connectivity index (χ4v) is 3.36. The molecule has 0 radical (unpaired) electrons. The number of benzene rings is 2. The van der Waals surface area contributed by atoms with E-state index in [1.165, 1.54) is 5.56 Å². The van der Waals surface area contributed by atoms with Gasteiger partial charge in [0.1, 0.15) is 0 Å². The fourth-order valence-electron chi connectivity index (χ4n) is 3.36. The first-order valence-electron chi connectivity index (χ1n) is 8.75. The third-order valence-electron chi connectivity index (χ3n) is 4.74. The smallest absolute Gasteiger partial charge is 0.337 e. The van der Waals surface area contributed by atoms with E-state index in [9.17, 15) is 9.90 Å². The van der Waals surface area contributed by atoms with E-state index in [4.69, 9.17) is 4.74 Å². The zero-order valence-corrected chi connectivity index (χ0v) is 14.3. The number of aliphatic carboxylic acids is 1.